The van der Waals surface area contributed by atoms with E-state index in [9.17, 15) is 9.59 Å². The molecule has 1 aromatic heterocycles. The molecule has 0 aliphatic carbocycles. The first-order valence-corrected chi connectivity index (χ1v) is 5.89. The smallest absolute Gasteiger partial charge is 0.339 e. The first-order chi connectivity index (χ1) is 9.63. The summed E-state index contributed by atoms with van der Waals surface area (Å²) in [6, 6.07) is 6.76. The van der Waals surface area contributed by atoms with Crippen LogP contribution in [0.2, 0.25) is 0 Å². The van der Waals surface area contributed by atoms with Gasteiger partial charge in [0.15, 0.2) is 0 Å². The van der Waals surface area contributed by atoms with Gasteiger partial charge in [0.25, 0.3) is 0 Å². The van der Waals surface area contributed by atoms with Gasteiger partial charge < -0.3 is 9.64 Å². The van der Waals surface area contributed by atoms with Crippen molar-refractivity contribution >= 4 is 17.6 Å². The number of likely N-dealkylation sites (N-methyl/N-ethyl adjacent to an activating group) is 1. The number of rotatable bonds is 4. The molecule has 104 valence electrons. The summed E-state index contributed by atoms with van der Waals surface area (Å²) in [6.45, 7) is 0.0476. The number of esters is 1. The number of para-hydroxylation sites is 1. The highest BCUT2D eigenvalue weighted by atomic mass is 16.5. The monoisotopic (exact) mass is 274 g/mol. The molecular weight excluding hydrogens is 260 g/mol. The van der Waals surface area contributed by atoms with Gasteiger partial charge in [-0.25, -0.2) is 14.5 Å². The normalized spacial score (nSPS) is 10.1. The molecule has 1 heterocycles. The molecule has 0 fully saturated rings. The molecule has 20 heavy (non-hydrogen) atoms. The van der Waals surface area contributed by atoms with Crippen LogP contribution in [0, 0.1) is 0 Å². The van der Waals surface area contributed by atoms with E-state index in [1.54, 1.807) is 31.3 Å². The Bertz CT molecular complexity index is 610. The van der Waals surface area contributed by atoms with E-state index in [0.717, 1.165) is 0 Å². The second-order valence-electron chi connectivity index (χ2n) is 4.05. The van der Waals surface area contributed by atoms with Crippen LogP contribution < -0.4 is 4.90 Å². The molecule has 2 aromatic rings. The van der Waals surface area contributed by atoms with Gasteiger partial charge >= 0.3 is 5.97 Å². The lowest BCUT2D eigenvalue weighted by atomic mass is 10.1. The summed E-state index contributed by atoms with van der Waals surface area (Å²) in [5, 5.41) is 3.87. The van der Waals surface area contributed by atoms with Gasteiger partial charge in [0.2, 0.25) is 5.91 Å². The van der Waals surface area contributed by atoms with Crippen LogP contribution in [0.3, 0.4) is 0 Å². The molecule has 7 nitrogen and oxygen atoms in total. The fourth-order valence-electron chi connectivity index (χ4n) is 1.74. The van der Waals surface area contributed by atoms with Crippen molar-refractivity contribution in [2.24, 2.45) is 0 Å². The Morgan fingerprint density at radius 3 is 2.75 bits per heavy atom. The van der Waals surface area contributed by atoms with Gasteiger partial charge in [-0.15, -0.1) is 0 Å². The van der Waals surface area contributed by atoms with Crippen molar-refractivity contribution in [3.05, 3.63) is 42.5 Å². The van der Waals surface area contributed by atoms with Crippen LogP contribution in [0.4, 0.5) is 5.69 Å². The standard InChI is InChI=1S/C13H14N4O3/c1-16(12(18)7-17-9-14-8-15-17)11-6-4-3-5-10(11)13(19)20-2/h3-6,8-9H,7H2,1-2H3. The zero-order chi connectivity index (χ0) is 14.5. The van der Waals surface area contributed by atoms with E-state index in [4.69, 9.17) is 4.74 Å². The maximum Gasteiger partial charge on any atom is 0.339 e. The molecule has 0 aliphatic heterocycles. The molecule has 0 radical (unpaired) electrons. The molecule has 2 rings (SSSR count). The number of hydrogen-bond donors (Lipinski definition) is 0. The summed E-state index contributed by atoms with van der Waals surface area (Å²) in [4.78, 5) is 29.0. The Kier molecular flexibility index (Phi) is 4.09. The minimum atomic E-state index is -0.485. The third-order valence-electron chi connectivity index (χ3n) is 2.81. The maximum atomic E-state index is 12.2. The Balaban J connectivity index is 2.22. The average molecular weight is 274 g/mol. The lowest BCUT2D eigenvalue weighted by molar-refractivity contribution is -0.119. The molecule has 0 N–H and O–H groups in total. The summed E-state index contributed by atoms with van der Waals surface area (Å²) in [7, 11) is 2.90. The number of ether oxygens (including phenoxy) is 1. The Hall–Kier alpha value is -2.70. The number of carbonyl (C=O) groups is 2. The molecule has 0 saturated carbocycles. The second-order valence-corrected chi connectivity index (χ2v) is 4.05. The van der Waals surface area contributed by atoms with E-state index in [2.05, 4.69) is 10.1 Å². The lowest BCUT2D eigenvalue weighted by Gasteiger charge is -2.19. The summed E-state index contributed by atoms with van der Waals surface area (Å²) in [6.07, 6.45) is 2.81. The van der Waals surface area contributed by atoms with Crippen LogP contribution >= 0.6 is 0 Å². The highest BCUT2D eigenvalue weighted by Gasteiger charge is 2.18. The van der Waals surface area contributed by atoms with Crippen molar-refractivity contribution in [2.75, 3.05) is 19.1 Å². The number of benzene rings is 1. The van der Waals surface area contributed by atoms with E-state index < -0.39 is 5.97 Å². The molecular formula is C13H14N4O3. The van der Waals surface area contributed by atoms with Gasteiger partial charge in [-0.3, -0.25) is 4.79 Å². The fraction of sp³-hybridized carbons (Fsp3) is 0.231. The van der Waals surface area contributed by atoms with Gasteiger partial charge in [0, 0.05) is 7.05 Å². The van der Waals surface area contributed by atoms with E-state index in [1.165, 1.54) is 29.3 Å². The zero-order valence-electron chi connectivity index (χ0n) is 11.2. The molecule has 0 unspecified atom stereocenters. The number of hydrogen-bond acceptors (Lipinski definition) is 5. The quantitative estimate of drug-likeness (QED) is 0.768. The molecule has 1 aromatic carbocycles. The van der Waals surface area contributed by atoms with Gasteiger partial charge in [0.1, 0.15) is 19.2 Å². The summed E-state index contributed by atoms with van der Waals surface area (Å²) >= 11 is 0. The average Bonchev–Trinajstić information content (AvgIpc) is 2.98. The Labute approximate surface area is 115 Å². The van der Waals surface area contributed by atoms with Crippen LogP contribution in [0.1, 0.15) is 10.4 Å². The molecule has 7 heteroatoms. The first kappa shape index (κ1) is 13.7. The SMILES string of the molecule is COC(=O)c1ccccc1N(C)C(=O)Cn1cncn1. The minimum absolute atomic E-state index is 0.0476. The number of methoxy groups -OCH3 is 1. The van der Waals surface area contributed by atoms with E-state index in [1.807, 2.05) is 0 Å². The van der Waals surface area contributed by atoms with Crippen molar-refractivity contribution in [3.63, 3.8) is 0 Å². The summed E-state index contributed by atoms with van der Waals surface area (Å²) < 4.78 is 6.12. The zero-order valence-corrected chi connectivity index (χ0v) is 11.2. The number of carbonyl (C=O) groups excluding carboxylic acids is 2. The third-order valence-corrected chi connectivity index (χ3v) is 2.81. The van der Waals surface area contributed by atoms with Crippen LogP contribution in [-0.4, -0.2) is 40.8 Å². The van der Waals surface area contributed by atoms with E-state index in [0.29, 0.717) is 11.3 Å². The number of aromatic nitrogens is 3. The lowest BCUT2D eigenvalue weighted by Crippen LogP contribution is -2.31. The van der Waals surface area contributed by atoms with Crippen LogP contribution in [0.25, 0.3) is 0 Å². The minimum Gasteiger partial charge on any atom is -0.465 e. The molecule has 0 atom stereocenters. The second kappa shape index (κ2) is 5.96. The van der Waals surface area contributed by atoms with Gasteiger partial charge in [-0.05, 0) is 12.1 Å². The highest BCUT2D eigenvalue weighted by molar-refractivity contribution is 6.02. The van der Waals surface area contributed by atoms with Crippen molar-refractivity contribution in [1.29, 1.82) is 0 Å². The Morgan fingerprint density at radius 2 is 2.10 bits per heavy atom. The van der Waals surface area contributed by atoms with Crippen molar-refractivity contribution in [3.8, 4) is 0 Å². The summed E-state index contributed by atoms with van der Waals surface area (Å²) in [5.74, 6) is -0.701. The van der Waals surface area contributed by atoms with Gasteiger partial charge in [-0.2, -0.15) is 5.10 Å². The number of nitrogens with zero attached hydrogens (tertiary/aromatic N) is 4. The van der Waals surface area contributed by atoms with Gasteiger partial charge in [0.05, 0.1) is 18.4 Å². The van der Waals surface area contributed by atoms with E-state index in [-0.39, 0.29) is 12.5 Å². The van der Waals surface area contributed by atoms with Gasteiger partial charge in [-0.1, -0.05) is 12.1 Å². The van der Waals surface area contributed by atoms with Crippen LogP contribution in [0.15, 0.2) is 36.9 Å². The molecule has 0 saturated heterocycles. The maximum absolute atomic E-state index is 12.2. The Morgan fingerprint density at radius 1 is 1.35 bits per heavy atom. The predicted molar refractivity (Wildman–Crippen MR) is 71.2 cm³/mol. The van der Waals surface area contributed by atoms with Crippen molar-refractivity contribution in [2.45, 2.75) is 6.54 Å². The highest BCUT2D eigenvalue weighted by Crippen LogP contribution is 2.20. The first-order valence-electron chi connectivity index (χ1n) is 5.89. The number of amides is 1. The largest absolute Gasteiger partial charge is 0.465 e. The summed E-state index contributed by atoms with van der Waals surface area (Å²) in [5.41, 5.74) is 0.828. The van der Waals surface area contributed by atoms with Crippen LogP contribution in [0.5, 0.6) is 0 Å². The topological polar surface area (TPSA) is 77.3 Å². The fourth-order valence-corrected chi connectivity index (χ4v) is 1.74. The molecule has 0 aliphatic rings. The third kappa shape index (κ3) is 2.82. The number of anilines is 1. The molecule has 1 amide bonds. The van der Waals surface area contributed by atoms with E-state index >= 15 is 0 Å². The van der Waals surface area contributed by atoms with Crippen LogP contribution in [-0.2, 0) is 16.1 Å². The van der Waals surface area contributed by atoms with Crippen molar-refractivity contribution < 1.29 is 14.3 Å². The van der Waals surface area contributed by atoms with Crippen molar-refractivity contribution in [1.82, 2.24) is 14.8 Å². The molecule has 0 spiro atoms. The molecule has 0 bridgehead atoms. The predicted octanol–water partition coefficient (Wildman–Crippen LogP) is 0.728.